The Labute approximate surface area is 98.4 Å². The molecule has 15 heavy (non-hydrogen) atoms. The quantitative estimate of drug-likeness (QED) is 0.807. The van der Waals surface area contributed by atoms with Gasteiger partial charge in [-0.15, -0.1) is 0 Å². The van der Waals surface area contributed by atoms with Crippen LogP contribution in [0.5, 0.6) is 0 Å². The summed E-state index contributed by atoms with van der Waals surface area (Å²) >= 11 is 3.51. The molecule has 0 spiro atoms. The van der Waals surface area contributed by atoms with Crippen LogP contribution >= 0.6 is 15.9 Å². The van der Waals surface area contributed by atoms with Gasteiger partial charge in [-0.2, -0.15) is 0 Å². The molecule has 1 aromatic rings. The first-order chi connectivity index (χ1) is 7.09. The minimum absolute atomic E-state index is 0.214. The predicted octanol–water partition coefficient (Wildman–Crippen LogP) is 2.99. The lowest BCUT2D eigenvalue weighted by Crippen LogP contribution is -2.30. The Morgan fingerprint density at radius 2 is 2.20 bits per heavy atom. The summed E-state index contributed by atoms with van der Waals surface area (Å²) in [5.74, 6) is 0.706. The van der Waals surface area contributed by atoms with Crippen molar-refractivity contribution < 1.29 is 4.79 Å². The third-order valence-corrected chi connectivity index (χ3v) is 3.17. The number of carbonyl (C=O) groups excluding carboxylic acids is 1. The Morgan fingerprint density at radius 3 is 2.87 bits per heavy atom. The number of nitrogens with zero attached hydrogens (tertiary/aromatic N) is 1. The molecule has 0 radical (unpaired) electrons. The van der Waals surface area contributed by atoms with Gasteiger partial charge in [-0.05, 0) is 33.5 Å². The standard InChI is InChI=1S/C12H14BrNO/c1-8(2)7-14-11(15)6-9-4-3-5-10(13)12(9)14/h3-5,8H,6-7H2,1-2H3. The number of rotatable bonds is 2. The van der Waals surface area contributed by atoms with Crippen LogP contribution in [0.15, 0.2) is 22.7 Å². The van der Waals surface area contributed by atoms with Crippen molar-refractivity contribution in [2.24, 2.45) is 5.92 Å². The summed E-state index contributed by atoms with van der Waals surface area (Å²) in [7, 11) is 0. The molecular formula is C12H14BrNO. The molecule has 2 nitrogen and oxygen atoms in total. The highest BCUT2D eigenvalue weighted by Crippen LogP contribution is 2.36. The molecule has 0 bridgehead atoms. The van der Waals surface area contributed by atoms with Crippen LogP contribution in [0.2, 0.25) is 0 Å². The van der Waals surface area contributed by atoms with Crippen molar-refractivity contribution in [2.45, 2.75) is 20.3 Å². The molecule has 2 rings (SSSR count). The largest absolute Gasteiger partial charge is 0.310 e. The van der Waals surface area contributed by atoms with E-state index in [9.17, 15) is 4.79 Å². The molecule has 1 amide bonds. The fourth-order valence-electron chi connectivity index (χ4n) is 1.95. The highest BCUT2D eigenvalue weighted by Gasteiger charge is 2.29. The molecule has 0 saturated carbocycles. The molecule has 1 aliphatic rings. The summed E-state index contributed by atoms with van der Waals surface area (Å²) in [6.07, 6.45) is 0.543. The van der Waals surface area contributed by atoms with E-state index in [0.29, 0.717) is 12.3 Å². The normalized spacial score (nSPS) is 14.9. The van der Waals surface area contributed by atoms with Gasteiger partial charge in [0.15, 0.2) is 0 Å². The zero-order valence-corrected chi connectivity index (χ0v) is 10.5. The maximum atomic E-state index is 11.8. The van der Waals surface area contributed by atoms with Gasteiger partial charge in [0, 0.05) is 11.0 Å². The van der Waals surface area contributed by atoms with Gasteiger partial charge < -0.3 is 4.90 Å². The molecule has 80 valence electrons. The van der Waals surface area contributed by atoms with E-state index < -0.39 is 0 Å². The molecule has 0 saturated heterocycles. The van der Waals surface area contributed by atoms with E-state index in [1.807, 2.05) is 23.1 Å². The van der Waals surface area contributed by atoms with E-state index in [0.717, 1.165) is 22.3 Å². The molecule has 0 N–H and O–H groups in total. The summed E-state index contributed by atoms with van der Waals surface area (Å²) in [6.45, 7) is 5.05. The highest BCUT2D eigenvalue weighted by atomic mass is 79.9. The van der Waals surface area contributed by atoms with Crippen LogP contribution in [0, 0.1) is 5.92 Å². The van der Waals surface area contributed by atoms with Crippen molar-refractivity contribution in [2.75, 3.05) is 11.4 Å². The van der Waals surface area contributed by atoms with Gasteiger partial charge in [0.05, 0.1) is 12.1 Å². The molecule has 1 heterocycles. The number of para-hydroxylation sites is 1. The van der Waals surface area contributed by atoms with Crippen LogP contribution in [0.1, 0.15) is 19.4 Å². The minimum Gasteiger partial charge on any atom is -0.310 e. The topological polar surface area (TPSA) is 20.3 Å². The van der Waals surface area contributed by atoms with Gasteiger partial charge in [-0.25, -0.2) is 0 Å². The summed E-state index contributed by atoms with van der Waals surface area (Å²) in [6, 6.07) is 6.00. The van der Waals surface area contributed by atoms with Crippen molar-refractivity contribution in [3.05, 3.63) is 28.2 Å². The number of anilines is 1. The van der Waals surface area contributed by atoms with Gasteiger partial charge in [0.2, 0.25) is 5.91 Å². The third kappa shape index (κ3) is 1.93. The van der Waals surface area contributed by atoms with E-state index in [-0.39, 0.29) is 5.91 Å². The molecular weight excluding hydrogens is 254 g/mol. The average molecular weight is 268 g/mol. The summed E-state index contributed by atoms with van der Waals surface area (Å²) in [5.41, 5.74) is 2.20. The van der Waals surface area contributed by atoms with E-state index in [4.69, 9.17) is 0 Å². The van der Waals surface area contributed by atoms with Crippen molar-refractivity contribution in [3.8, 4) is 0 Å². The van der Waals surface area contributed by atoms with E-state index in [1.54, 1.807) is 0 Å². The Bertz CT molecular complexity index is 401. The van der Waals surface area contributed by atoms with E-state index >= 15 is 0 Å². The lowest BCUT2D eigenvalue weighted by Gasteiger charge is -2.20. The fourth-order valence-corrected chi connectivity index (χ4v) is 2.57. The predicted molar refractivity (Wildman–Crippen MR) is 65.0 cm³/mol. The lowest BCUT2D eigenvalue weighted by atomic mass is 10.1. The van der Waals surface area contributed by atoms with E-state index in [2.05, 4.69) is 29.8 Å². The lowest BCUT2D eigenvalue weighted by molar-refractivity contribution is -0.117. The summed E-state index contributed by atoms with van der Waals surface area (Å²) in [5, 5.41) is 0. The monoisotopic (exact) mass is 267 g/mol. The molecule has 3 heteroatoms. The number of fused-ring (bicyclic) bond motifs is 1. The second kappa shape index (κ2) is 3.97. The Morgan fingerprint density at radius 1 is 1.47 bits per heavy atom. The van der Waals surface area contributed by atoms with Gasteiger partial charge >= 0.3 is 0 Å². The second-order valence-corrected chi connectivity index (χ2v) is 5.18. The van der Waals surface area contributed by atoms with Gasteiger partial charge in [0.1, 0.15) is 0 Å². The smallest absolute Gasteiger partial charge is 0.231 e. The number of hydrogen-bond donors (Lipinski definition) is 0. The molecule has 0 fully saturated rings. The number of amides is 1. The minimum atomic E-state index is 0.214. The molecule has 1 aliphatic heterocycles. The average Bonchev–Trinajstić information content (AvgIpc) is 2.43. The van der Waals surface area contributed by atoms with Crippen LogP contribution in [0.3, 0.4) is 0 Å². The third-order valence-electron chi connectivity index (χ3n) is 2.53. The number of halogens is 1. The van der Waals surface area contributed by atoms with Crippen molar-refractivity contribution >= 4 is 27.5 Å². The van der Waals surface area contributed by atoms with Gasteiger partial charge in [0.25, 0.3) is 0 Å². The second-order valence-electron chi connectivity index (χ2n) is 4.32. The summed E-state index contributed by atoms with van der Waals surface area (Å²) in [4.78, 5) is 13.7. The van der Waals surface area contributed by atoms with Crippen LogP contribution in [-0.4, -0.2) is 12.5 Å². The van der Waals surface area contributed by atoms with Crippen LogP contribution in [0.25, 0.3) is 0 Å². The van der Waals surface area contributed by atoms with Gasteiger partial charge in [-0.3, -0.25) is 4.79 Å². The van der Waals surface area contributed by atoms with Crippen LogP contribution in [-0.2, 0) is 11.2 Å². The van der Waals surface area contributed by atoms with E-state index in [1.165, 1.54) is 0 Å². The zero-order valence-electron chi connectivity index (χ0n) is 8.96. The molecule has 0 atom stereocenters. The number of benzene rings is 1. The number of hydrogen-bond acceptors (Lipinski definition) is 1. The molecule has 1 aromatic carbocycles. The highest BCUT2D eigenvalue weighted by molar-refractivity contribution is 9.10. The Balaban J connectivity index is 2.39. The molecule has 0 aromatic heterocycles. The number of carbonyl (C=O) groups is 1. The maximum absolute atomic E-state index is 11.8. The van der Waals surface area contributed by atoms with Crippen molar-refractivity contribution in [1.29, 1.82) is 0 Å². The summed E-state index contributed by atoms with van der Waals surface area (Å²) < 4.78 is 1.02. The first-order valence-corrected chi connectivity index (χ1v) is 5.96. The zero-order chi connectivity index (χ0) is 11.0. The maximum Gasteiger partial charge on any atom is 0.231 e. The Kier molecular flexibility index (Phi) is 2.83. The first-order valence-electron chi connectivity index (χ1n) is 5.17. The SMILES string of the molecule is CC(C)CN1C(=O)Cc2cccc(Br)c21. The molecule has 0 unspecified atom stereocenters. The van der Waals surface area contributed by atoms with Crippen LogP contribution in [0.4, 0.5) is 5.69 Å². The fraction of sp³-hybridized carbons (Fsp3) is 0.417. The van der Waals surface area contributed by atoms with Crippen molar-refractivity contribution in [3.63, 3.8) is 0 Å². The Hall–Kier alpha value is -0.830. The van der Waals surface area contributed by atoms with Gasteiger partial charge in [-0.1, -0.05) is 26.0 Å². The van der Waals surface area contributed by atoms with Crippen molar-refractivity contribution in [1.82, 2.24) is 0 Å². The van der Waals surface area contributed by atoms with Crippen LogP contribution < -0.4 is 4.90 Å². The molecule has 0 aliphatic carbocycles. The first kappa shape index (κ1) is 10.7.